The van der Waals surface area contributed by atoms with Gasteiger partial charge in [-0.25, -0.2) is 9.37 Å². The SMILES string of the molecule is CC(C)(O)C(C)(C)OB(O)c1ccnc(Cl)c1F. The summed E-state index contributed by atoms with van der Waals surface area (Å²) in [6.45, 7) is 6.26. The van der Waals surface area contributed by atoms with Crippen LogP contribution >= 0.6 is 11.6 Å². The fourth-order valence-corrected chi connectivity index (χ4v) is 1.27. The average molecular weight is 276 g/mol. The molecule has 0 saturated heterocycles. The average Bonchev–Trinajstić information content (AvgIpc) is 2.19. The molecule has 1 heterocycles. The van der Waals surface area contributed by atoms with Gasteiger partial charge in [0.05, 0.1) is 11.2 Å². The van der Waals surface area contributed by atoms with Gasteiger partial charge in [-0.05, 0) is 33.8 Å². The normalized spacial score (nSPS) is 12.7. The minimum atomic E-state index is -1.54. The van der Waals surface area contributed by atoms with E-state index >= 15 is 0 Å². The lowest BCUT2D eigenvalue weighted by Crippen LogP contribution is -2.53. The van der Waals surface area contributed by atoms with Crippen molar-refractivity contribution in [3.05, 3.63) is 23.2 Å². The zero-order valence-corrected chi connectivity index (χ0v) is 11.5. The third-order valence-electron chi connectivity index (χ3n) is 3.02. The predicted octanol–water partition coefficient (Wildman–Crippen LogP) is 1.13. The molecule has 2 N–H and O–H groups in total. The second-order valence-electron chi connectivity index (χ2n) is 5.04. The number of pyridine rings is 1. The second-order valence-corrected chi connectivity index (χ2v) is 5.40. The van der Waals surface area contributed by atoms with E-state index in [2.05, 4.69) is 4.98 Å². The fourth-order valence-electron chi connectivity index (χ4n) is 1.11. The monoisotopic (exact) mass is 275 g/mol. The van der Waals surface area contributed by atoms with E-state index in [1.165, 1.54) is 26.1 Å². The molecule has 0 aliphatic carbocycles. The van der Waals surface area contributed by atoms with Crippen LogP contribution in [0.1, 0.15) is 27.7 Å². The van der Waals surface area contributed by atoms with Crippen LogP contribution in [0.3, 0.4) is 0 Å². The lowest BCUT2D eigenvalue weighted by molar-refractivity contribution is -0.0983. The lowest BCUT2D eigenvalue weighted by Gasteiger charge is -2.38. The Morgan fingerprint density at radius 3 is 2.44 bits per heavy atom. The zero-order chi connectivity index (χ0) is 14.1. The molecule has 1 aromatic heterocycles. The minimum Gasteiger partial charge on any atom is -0.423 e. The largest absolute Gasteiger partial charge is 0.494 e. The van der Waals surface area contributed by atoms with Gasteiger partial charge < -0.3 is 14.8 Å². The van der Waals surface area contributed by atoms with Gasteiger partial charge in [0.2, 0.25) is 0 Å². The molecular formula is C11H16BClFNO3. The Kier molecular flexibility index (Phi) is 4.38. The molecule has 18 heavy (non-hydrogen) atoms. The van der Waals surface area contributed by atoms with Crippen molar-refractivity contribution < 1.29 is 19.2 Å². The Hall–Kier alpha value is -0.685. The summed E-state index contributed by atoms with van der Waals surface area (Å²) >= 11 is 5.52. The quantitative estimate of drug-likeness (QED) is 0.639. The van der Waals surface area contributed by atoms with Gasteiger partial charge in [-0.3, -0.25) is 0 Å². The summed E-state index contributed by atoms with van der Waals surface area (Å²) < 4.78 is 18.9. The van der Waals surface area contributed by atoms with Gasteiger partial charge in [-0.15, -0.1) is 0 Å². The van der Waals surface area contributed by atoms with Gasteiger partial charge in [-0.1, -0.05) is 11.6 Å². The van der Waals surface area contributed by atoms with Crippen LogP contribution in [-0.4, -0.2) is 33.4 Å². The predicted molar refractivity (Wildman–Crippen MR) is 68.3 cm³/mol. The molecule has 0 aliphatic heterocycles. The van der Waals surface area contributed by atoms with Crippen molar-refractivity contribution in [2.45, 2.75) is 38.9 Å². The Labute approximate surface area is 111 Å². The maximum Gasteiger partial charge on any atom is 0.494 e. The van der Waals surface area contributed by atoms with Crippen LogP contribution < -0.4 is 5.46 Å². The topological polar surface area (TPSA) is 62.6 Å². The van der Waals surface area contributed by atoms with Gasteiger partial charge in [0.1, 0.15) is 0 Å². The lowest BCUT2D eigenvalue weighted by atomic mass is 9.76. The summed E-state index contributed by atoms with van der Waals surface area (Å²) in [5, 5.41) is 19.4. The first-order chi connectivity index (χ1) is 8.06. The van der Waals surface area contributed by atoms with Gasteiger partial charge in [0, 0.05) is 11.7 Å². The van der Waals surface area contributed by atoms with E-state index < -0.39 is 24.1 Å². The Balaban J connectivity index is 2.96. The molecule has 1 rings (SSSR count). The highest BCUT2D eigenvalue weighted by molar-refractivity contribution is 6.60. The third kappa shape index (κ3) is 3.20. The summed E-state index contributed by atoms with van der Waals surface area (Å²) in [6, 6.07) is 1.27. The molecule has 0 fully saturated rings. The van der Waals surface area contributed by atoms with Crippen molar-refractivity contribution >= 4 is 24.2 Å². The number of aliphatic hydroxyl groups is 1. The van der Waals surface area contributed by atoms with Gasteiger partial charge in [0.25, 0.3) is 0 Å². The van der Waals surface area contributed by atoms with Crippen molar-refractivity contribution in [1.29, 1.82) is 0 Å². The Morgan fingerprint density at radius 2 is 1.94 bits per heavy atom. The maximum atomic E-state index is 13.6. The Morgan fingerprint density at radius 1 is 1.39 bits per heavy atom. The molecule has 0 bridgehead atoms. The van der Waals surface area contributed by atoms with E-state index in [9.17, 15) is 14.5 Å². The number of nitrogens with zero attached hydrogens (tertiary/aromatic N) is 1. The first kappa shape index (κ1) is 15.4. The van der Waals surface area contributed by atoms with E-state index in [0.29, 0.717) is 0 Å². The molecule has 0 aliphatic rings. The molecule has 0 saturated carbocycles. The summed E-state index contributed by atoms with van der Waals surface area (Å²) in [4.78, 5) is 3.54. The molecule has 4 nitrogen and oxygen atoms in total. The van der Waals surface area contributed by atoms with E-state index in [0.717, 1.165) is 0 Å². The van der Waals surface area contributed by atoms with Crippen molar-refractivity contribution in [2.75, 3.05) is 0 Å². The summed E-state index contributed by atoms with van der Waals surface area (Å²) in [5.41, 5.74) is -2.40. The summed E-state index contributed by atoms with van der Waals surface area (Å²) in [6.07, 6.45) is 1.27. The standard InChI is InChI=1S/C11H16BClFNO3/c1-10(2,16)11(3,4)18-12(17)7-5-6-15-9(13)8(7)14/h5-6,16-17H,1-4H3. The van der Waals surface area contributed by atoms with E-state index in [-0.39, 0.29) is 10.6 Å². The fraction of sp³-hybridized carbons (Fsp3) is 0.545. The van der Waals surface area contributed by atoms with Crippen LogP contribution in [0.2, 0.25) is 5.15 Å². The van der Waals surface area contributed by atoms with Crippen LogP contribution in [0.4, 0.5) is 4.39 Å². The molecule has 0 atom stereocenters. The minimum absolute atomic E-state index is 0.118. The van der Waals surface area contributed by atoms with Crippen molar-refractivity contribution in [2.24, 2.45) is 0 Å². The smallest absolute Gasteiger partial charge is 0.423 e. The van der Waals surface area contributed by atoms with Crippen LogP contribution in [0.5, 0.6) is 0 Å². The number of hydrogen-bond acceptors (Lipinski definition) is 4. The van der Waals surface area contributed by atoms with Crippen molar-refractivity contribution in [3.63, 3.8) is 0 Å². The number of aromatic nitrogens is 1. The van der Waals surface area contributed by atoms with E-state index in [1.54, 1.807) is 13.8 Å². The second kappa shape index (κ2) is 5.13. The maximum absolute atomic E-state index is 13.6. The zero-order valence-electron chi connectivity index (χ0n) is 10.7. The molecular weight excluding hydrogens is 259 g/mol. The molecule has 7 heteroatoms. The van der Waals surface area contributed by atoms with Crippen LogP contribution in [0, 0.1) is 5.82 Å². The van der Waals surface area contributed by atoms with E-state index in [4.69, 9.17) is 16.3 Å². The molecule has 0 radical (unpaired) electrons. The highest BCUT2D eigenvalue weighted by Gasteiger charge is 2.40. The molecule has 1 aromatic rings. The number of halogens is 2. The number of rotatable bonds is 4. The summed E-state index contributed by atoms with van der Waals surface area (Å²) in [7, 11) is -1.54. The Bertz CT molecular complexity index is 437. The molecule has 0 amide bonds. The van der Waals surface area contributed by atoms with Crippen molar-refractivity contribution in [3.8, 4) is 0 Å². The molecule has 0 aromatic carbocycles. The highest BCUT2D eigenvalue weighted by atomic mass is 35.5. The first-order valence-corrected chi connectivity index (χ1v) is 5.82. The third-order valence-corrected chi connectivity index (χ3v) is 3.29. The van der Waals surface area contributed by atoms with Crippen LogP contribution in [0.15, 0.2) is 12.3 Å². The van der Waals surface area contributed by atoms with Gasteiger partial charge in [-0.2, -0.15) is 0 Å². The summed E-state index contributed by atoms with van der Waals surface area (Å²) in [5.74, 6) is -0.835. The number of hydrogen-bond donors (Lipinski definition) is 2. The first-order valence-electron chi connectivity index (χ1n) is 5.44. The molecule has 100 valence electrons. The van der Waals surface area contributed by atoms with Crippen LogP contribution in [-0.2, 0) is 4.65 Å². The van der Waals surface area contributed by atoms with Crippen LogP contribution in [0.25, 0.3) is 0 Å². The van der Waals surface area contributed by atoms with Crippen molar-refractivity contribution in [1.82, 2.24) is 4.98 Å². The molecule has 0 unspecified atom stereocenters. The van der Waals surface area contributed by atoms with Gasteiger partial charge in [0.15, 0.2) is 11.0 Å². The van der Waals surface area contributed by atoms with E-state index in [1.807, 2.05) is 0 Å². The van der Waals surface area contributed by atoms with Gasteiger partial charge >= 0.3 is 7.12 Å². The molecule has 0 spiro atoms. The highest BCUT2D eigenvalue weighted by Crippen LogP contribution is 2.25.